The van der Waals surface area contributed by atoms with Gasteiger partial charge in [0.1, 0.15) is 0 Å². The van der Waals surface area contributed by atoms with Gasteiger partial charge in [0.2, 0.25) is 0 Å². The van der Waals surface area contributed by atoms with Gasteiger partial charge >= 0.3 is 0 Å². The van der Waals surface area contributed by atoms with Crippen molar-refractivity contribution in [3.63, 3.8) is 0 Å². The van der Waals surface area contributed by atoms with Gasteiger partial charge in [0.15, 0.2) is 0 Å². The SMILES string of the molecule is CN(C)CCN1CCC(C)(CN)CC1. The third-order valence-corrected chi connectivity index (χ3v) is 3.42. The summed E-state index contributed by atoms with van der Waals surface area (Å²) in [5.41, 5.74) is 6.19. The maximum atomic E-state index is 5.78. The lowest BCUT2D eigenvalue weighted by Gasteiger charge is -2.39. The zero-order valence-corrected chi connectivity index (χ0v) is 9.92. The molecule has 0 atom stereocenters. The molecule has 0 aromatic rings. The average Bonchev–Trinajstić information content (AvgIpc) is 2.17. The second kappa shape index (κ2) is 5.10. The number of likely N-dealkylation sites (tertiary alicyclic amines) is 1. The molecule has 14 heavy (non-hydrogen) atoms. The highest BCUT2D eigenvalue weighted by atomic mass is 15.2. The van der Waals surface area contributed by atoms with Crippen molar-refractivity contribution in [2.75, 3.05) is 46.8 Å². The predicted octanol–water partition coefficient (Wildman–Crippen LogP) is 0.609. The highest BCUT2D eigenvalue weighted by Crippen LogP contribution is 2.28. The monoisotopic (exact) mass is 199 g/mol. The van der Waals surface area contributed by atoms with Crippen LogP contribution in [-0.2, 0) is 0 Å². The molecular formula is C11H25N3. The van der Waals surface area contributed by atoms with E-state index in [1.165, 1.54) is 39.0 Å². The normalized spacial score (nSPS) is 22.9. The van der Waals surface area contributed by atoms with Crippen molar-refractivity contribution in [3.05, 3.63) is 0 Å². The number of hydrogen-bond acceptors (Lipinski definition) is 3. The topological polar surface area (TPSA) is 32.5 Å². The minimum absolute atomic E-state index is 0.411. The summed E-state index contributed by atoms with van der Waals surface area (Å²) in [7, 11) is 4.27. The first-order chi connectivity index (χ1) is 6.56. The van der Waals surface area contributed by atoms with Crippen LogP contribution < -0.4 is 5.73 Å². The smallest absolute Gasteiger partial charge is 0.0109 e. The van der Waals surface area contributed by atoms with Crippen LogP contribution >= 0.6 is 0 Å². The van der Waals surface area contributed by atoms with Crippen LogP contribution in [-0.4, -0.2) is 56.6 Å². The molecule has 0 saturated carbocycles. The van der Waals surface area contributed by atoms with Gasteiger partial charge < -0.3 is 15.5 Å². The van der Waals surface area contributed by atoms with E-state index < -0.39 is 0 Å². The molecule has 0 aromatic carbocycles. The molecule has 2 N–H and O–H groups in total. The van der Waals surface area contributed by atoms with E-state index in [1.54, 1.807) is 0 Å². The van der Waals surface area contributed by atoms with E-state index in [0.717, 1.165) is 6.54 Å². The lowest BCUT2D eigenvalue weighted by molar-refractivity contribution is 0.118. The van der Waals surface area contributed by atoms with Crippen LogP contribution in [0, 0.1) is 5.41 Å². The highest BCUT2D eigenvalue weighted by molar-refractivity contribution is 4.83. The maximum absolute atomic E-state index is 5.78. The minimum Gasteiger partial charge on any atom is -0.330 e. The molecule has 1 heterocycles. The van der Waals surface area contributed by atoms with Crippen LogP contribution in [0.4, 0.5) is 0 Å². The van der Waals surface area contributed by atoms with Crippen molar-refractivity contribution >= 4 is 0 Å². The van der Waals surface area contributed by atoms with Crippen molar-refractivity contribution in [3.8, 4) is 0 Å². The molecular weight excluding hydrogens is 174 g/mol. The summed E-state index contributed by atoms with van der Waals surface area (Å²) < 4.78 is 0. The lowest BCUT2D eigenvalue weighted by Crippen LogP contribution is -2.44. The van der Waals surface area contributed by atoms with E-state index >= 15 is 0 Å². The second-order valence-corrected chi connectivity index (χ2v) is 5.16. The minimum atomic E-state index is 0.411. The molecule has 1 aliphatic rings. The zero-order valence-electron chi connectivity index (χ0n) is 9.92. The third-order valence-electron chi connectivity index (χ3n) is 3.42. The molecule has 0 unspecified atom stereocenters. The molecule has 3 nitrogen and oxygen atoms in total. The van der Waals surface area contributed by atoms with Crippen molar-refractivity contribution in [2.45, 2.75) is 19.8 Å². The Balaban J connectivity index is 2.22. The fourth-order valence-electron chi connectivity index (χ4n) is 1.86. The van der Waals surface area contributed by atoms with E-state index in [-0.39, 0.29) is 0 Å². The molecule has 0 radical (unpaired) electrons. The van der Waals surface area contributed by atoms with E-state index in [0.29, 0.717) is 5.41 Å². The fraction of sp³-hybridized carbons (Fsp3) is 1.00. The average molecular weight is 199 g/mol. The molecule has 0 amide bonds. The van der Waals surface area contributed by atoms with Gasteiger partial charge in [-0.1, -0.05) is 6.92 Å². The van der Waals surface area contributed by atoms with Crippen LogP contribution in [0.15, 0.2) is 0 Å². The first-order valence-electron chi connectivity index (χ1n) is 5.63. The van der Waals surface area contributed by atoms with E-state index in [1.807, 2.05) is 0 Å². The lowest BCUT2D eigenvalue weighted by atomic mass is 9.80. The maximum Gasteiger partial charge on any atom is 0.0109 e. The van der Waals surface area contributed by atoms with Gasteiger partial charge in [-0.05, 0) is 52.0 Å². The van der Waals surface area contributed by atoms with Gasteiger partial charge in [0, 0.05) is 13.1 Å². The Morgan fingerprint density at radius 2 is 1.86 bits per heavy atom. The number of hydrogen-bond donors (Lipinski definition) is 1. The zero-order chi connectivity index (χ0) is 10.6. The van der Waals surface area contributed by atoms with Crippen LogP contribution in [0.1, 0.15) is 19.8 Å². The number of piperidine rings is 1. The van der Waals surface area contributed by atoms with Gasteiger partial charge in [-0.25, -0.2) is 0 Å². The van der Waals surface area contributed by atoms with Gasteiger partial charge in [0.25, 0.3) is 0 Å². The second-order valence-electron chi connectivity index (χ2n) is 5.16. The molecule has 1 aliphatic heterocycles. The number of nitrogens with two attached hydrogens (primary N) is 1. The summed E-state index contributed by atoms with van der Waals surface area (Å²) in [6.45, 7) is 7.97. The molecule has 3 heteroatoms. The van der Waals surface area contributed by atoms with E-state index in [4.69, 9.17) is 5.73 Å². The summed E-state index contributed by atoms with van der Waals surface area (Å²) in [6, 6.07) is 0. The number of likely N-dealkylation sites (N-methyl/N-ethyl adjacent to an activating group) is 1. The standard InChI is InChI=1S/C11H25N3/c1-11(10-12)4-6-14(7-5-11)9-8-13(2)3/h4-10,12H2,1-3H3. The van der Waals surface area contributed by atoms with Crippen LogP contribution in [0.25, 0.3) is 0 Å². The Bertz CT molecular complexity index is 160. The highest BCUT2D eigenvalue weighted by Gasteiger charge is 2.28. The third kappa shape index (κ3) is 3.56. The summed E-state index contributed by atoms with van der Waals surface area (Å²) in [5.74, 6) is 0. The summed E-state index contributed by atoms with van der Waals surface area (Å²) in [4.78, 5) is 4.80. The molecule has 0 aromatic heterocycles. The molecule has 84 valence electrons. The molecule has 0 spiro atoms. The molecule has 1 saturated heterocycles. The van der Waals surface area contributed by atoms with Gasteiger partial charge in [-0.2, -0.15) is 0 Å². The molecule has 0 aliphatic carbocycles. The first kappa shape index (κ1) is 12.0. The van der Waals surface area contributed by atoms with Crippen LogP contribution in [0.2, 0.25) is 0 Å². The van der Waals surface area contributed by atoms with Crippen LogP contribution in [0.5, 0.6) is 0 Å². The van der Waals surface area contributed by atoms with Gasteiger partial charge in [-0.3, -0.25) is 0 Å². The van der Waals surface area contributed by atoms with E-state index in [2.05, 4.69) is 30.8 Å². The summed E-state index contributed by atoms with van der Waals surface area (Å²) in [6.07, 6.45) is 2.52. The van der Waals surface area contributed by atoms with Crippen LogP contribution in [0.3, 0.4) is 0 Å². The summed E-state index contributed by atoms with van der Waals surface area (Å²) in [5, 5.41) is 0. The number of nitrogens with zero attached hydrogens (tertiary/aromatic N) is 2. The Hall–Kier alpha value is -0.120. The Morgan fingerprint density at radius 3 is 2.29 bits per heavy atom. The van der Waals surface area contributed by atoms with Gasteiger partial charge in [0.05, 0.1) is 0 Å². The van der Waals surface area contributed by atoms with Crippen molar-refractivity contribution in [2.24, 2.45) is 11.1 Å². The van der Waals surface area contributed by atoms with Crippen molar-refractivity contribution in [1.82, 2.24) is 9.80 Å². The Morgan fingerprint density at radius 1 is 1.29 bits per heavy atom. The fourth-order valence-corrected chi connectivity index (χ4v) is 1.86. The largest absolute Gasteiger partial charge is 0.330 e. The Labute approximate surface area is 88.2 Å². The quantitative estimate of drug-likeness (QED) is 0.720. The molecule has 1 fully saturated rings. The first-order valence-corrected chi connectivity index (χ1v) is 5.63. The molecule has 1 rings (SSSR count). The molecule has 0 bridgehead atoms. The van der Waals surface area contributed by atoms with Crippen molar-refractivity contribution in [1.29, 1.82) is 0 Å². The summed E-state index contributed by atoms with van der Waals surface area (Å²) >= 11 is 0. The number of rotatable bonds is 4. The van der Waals surface area contributed by atoms with E-state index in [9.17, 15) is 0 Å². The Kier molecular flexibility index (Phi) is 4.35. The predicted molar refractivity (Wildman–Crippen MR) is 61.4 cm³/mol. The van der Waals surface area contributed by atoms with Crippen molar-refractivity contribution < 1.29 is 0 Å². The van der Waals surface area contributed by atoms with Gasteiger partial charge in [-0.15, -0.1) is 0 Å².